The van der Waals surface area contributed by atoms with Crippen molar-refractivity contribution in [3.05, 3.63) is 0 Å². The molecule has 0 radical (unpaired) electrons. The minimum atomic E-state index is -0.607. The molecule has 2 unspecified atom stereocenters. The molecule has 4 nitrogen and oxygen atoms in total. The van der Waals surface area contributed by atoms with Gasteiger partial charge in [0, 0.05) is 28.3 Å². The van der Waals surface area contributed by atoms with Crippen LogP contribution in [0.25, 0.3) is 0 Å². The number of ether oxygens (including phenoxy) is 1. The van der Waals surface area contributed by atoms with Crippen molar-refractivity contribution in [3.63, 3.8) is 0 Å². The minimum Gasteiger partial charge on any atom is -0.389 e. The molecule has 5 heteroatoms. The summed E-state index contributed by atoms with van der Waals surface area (Å²) in [5.74, 6) is 1.59. The molecule has 0 aromatic carbocycles. The van der Waals surface area contributed by atoms with Gasteiger partial charge in [0.15, 0.2) is 0 Å². The molecule has 82 valence electrons. The number of rotatable bonds is 2. The van der Waals surface area contributed by atoms with Crippen molar-refractivity contribution < 1.29 is 14.1 Å². The summed E-state index contributed by atoms with van der Waals surface area (Å²) in [6, 6.07) is 0.487. The first-order valence-corrected chi connectivity index (χ1v) is 6.61. The summed E-state index contributed by atoms with van der Waals surface area (Å²) in [5, 5.41) is 12.9. The van der Waals surface area contributed by atoms with E-state index >= 15 is 0 Å². The molecule has 2 rings (SSSR count). The van der Waals surface area contributed by atoms with Gasteiger partial charge in [-0.3, -0.25) is 4.21 Å². The maximum atomic E-state index is 11.1. The highest BCUT2D eigenvalue weighted by atomic mass is 32.2. The molecule has 0 saturated carbocycles. The maximum absolute atomic E-state index is 11.1. The van der Waals surface area contributed by atoms with E-state index in [0.29, 0.717) is 19.3 Å². The summed E-state index contributed by atoms with van der Waals surface area (Å²) in [6.45, 7) is 1.04. The topological polar surface area (TPSA) is 58.6 Å². The van der Waals surface area contributed by atoms with Gasteiger partial charge in [-0.25, -0.2) is 0 Å². The quantitative estimate of drug-likeness (QED) is 0.641. The Bertz CT molecular complexity index is 214. The predicted molar refractivity (Wildman–Crippen MR) is 54.6 cm³/mol. The molecule has 0 aliphatic carbocycles. The van der Waals surface area contributed by atoms with Crippen LogP contribution in [0.3, 0.4) is 0 Å². The standard InChI is InChI=1S/C9H17NO3S/c11-9-6-13-5-8(9)10-7-1-3-14(12)4-2-7/h7-11H,1-6H2. The lowest BCUT2D eigenvalue weighted by Crippen LogP contribution is -2.47. The molecule has 0 aromatic heterocycles. The van der Waals surface area contributed by atoms with Crippen molar-refractivity contribution in [1.29, 1.82) is 0 Å². The van der Waals surface area contributed by atoms with Gasteiger partial charge in [0.05, 0.1) is 25.4 Å². The van der Waals surface area contributed by atoms with E-state index in [2.05, 4.69) is 5.32 Å². The Hall–Kier alpha value is 0.0300. The lowest BCUT2D eigenvalue weighted by molar-refractivity contribution is 0.121. The van der Waals surface area contributed by atoms with Gasteiger partial charge < -0.3 is 15.2 Å². The SMILES string of the molecule is O=S1CCC(NC2COCC2O)CC1. The zero-order valence-electron chi connectivity index (χ0n) is 8.15. The van der Waals surface area contributed by atoms with Crippen LogP contribution in [0.15, 0.2) is 0 Å². The molecule has 0 spiro atoms. The molecule has 0 aromatic rings. The van der Waals surface area contributed by atoms with Gasteiger partial charge in [-0.1, -0.05) is 0 Å². The van der Waals surface area contributed by atoms with Gasteiger partial charge >= 0.3 is 0 Å². The first-order chi connectivity index (χ1) is 6.75. The Morgan fingerprint density at radius 3 is 2.57 bits per heavy atom. The summed E-state index contributed by atoms with van der Waals surface area (Å²) >= 11 is 0. The van der Waals surface area contributed by atoms with E-state index in [1.54, 1.807) is 0 Å². The highest BCUT2D eigenvalue weighted by Gasteiger charge is 2.29. The molecular formula is C9H17NO3S. The van der Waals surface area contributed by atoms with E-state index < -0.39 is 10.8 Å². The third-order valence-electron chi connectivity index (χ3n) is 2.89. The van der Waals surface area contributed by atoms with E-state index in [0.717, 1.165) is 24.3 Å². The van der Waals surface area contributed by atoms with Gasteiger partial charge in [-0.05, 0) is 12.8 Å². The van der Waals surface area contributed by atoms with Gasteiger partial charge in [0.2, 0.25) is 0 Å². The lowest BCUT2D eigenvalue weighted by atomic mass is 10.1. The fourth-order valence-electron chi connectivity index (χ4n) is 1.97. The second-order valence-corrected chi connectivity index (χ2v) is 5.70. The van der Waals surface area contributed by atoms with Crippen molar-refractivity contribution in [3.8, 4) is 0 Å². The van der Waals surface area contributed by atoms with Crippen LogP contribution in [-0.2, 0) is 15.5 Å². The Kier molecular flexibility index (Phi) is 3.54. The average Bonchev–Trinajstić information content (AvgIpc) is 2.56. The van der Waals surface area contributed by atoms with Crippen LogP contribution >= 0.6 is 0 Å². The van der Waals surface area contributed by atoms with Crippen molar-refractivity contribution in [2.75, 3.05) is 24.7 Å². The zero-order valence-corrected chi connectivity index (χ0v) is 8.96. The van der Waals surface area contributed by atoms with Crippen molar-refractivity contribution in [2.24, 2.45) is 0 Å². The van der Waals surface area contributed by atoms with Crippen molar-refractivity contribution >= 4 is 10.8 Å². The first-order valence-electron chi connectivity index (χ1n) is 5.12. The van der Waals surface area contributed by atoms with E-state index in [9.17, 15) is 9.32 Å². The number of hydrogen-bond donors (Lipinski definition) is 2. The molecule has 2 aliphatic heterocycles. The minimum absolute atomic E-state index is 0.0755. The summed E-state index contributed by atoms with van der Waals surface area (Å²) in [6.07, 6.45) is 1.54. The highest BCUT2D eigenvalue weighted by Crippen LogP contribution is 2.13. The molecular weight excluding hydrogens is 202 g/mol. The molecule has 2 atom stereocenters. The first kappa shape index (κ1) is 10.5. The van der Waals surface area contributed by atoms with Crippen LogP contribution in [0.5, 0.6) is 0 Å². The van der Waals surface area contributed by atoms with Crippen LogP contribution in [0.4, 0.5) is 0 Å². The van der Waals surface area contributed by atoms with Gasteiger partial charge in [-0.15, -0.1) is 0 Å². The molecule has 2 heterocycles. The predicted octanol–water partition coefficient (Wildman–Crippen LogP) is -0.753. The Morgan fingerprint density at radius 2 is 2.00 bits per heavy atom. The van der Waals surface area contributed by atoms with Crippen LogP contribution in [0.1, 0.15) is 12.8 Å². The van der Waals surface area contributed by atoms with Crippen molar-refractivity contribution in [2.45, 2.75) is 31.0 Å². The van der Waals surface area contributed by atoms with Gasteiger partial charge in [0.25, 0.3) is 0 Å². The number of aliphatic hydroxyl groups is 1. The maximum Gasteiger partial charge on any atom is 0.0948 e. The van der Waals surface area contributed by atoms with Crippen molar-refractivity contribution in [1.82, 2.24) is 5.32 Å². The van der Waals surface area contributed by atoms with Crippen LogP contribution < -0.4 is 5.32 Å². The Labute approximate surface area is 86.5 Å². The summed E-state index contributed by atoms with van der Waals surface area (Å²) in [7, 11) is -0.607. The smallest absolute Gasteiger partial charge is 0.0948 e. The fraction of sp³-hybridized carbons (Fsp3) is 1.00. The van der Waals surface area contributed by atoms with Gasteiger partial charge in [0.1, 0.15) is 0 Å². The molecule has 0 amide bonds. The van der Waals surface area contributed by atoms with E-state index in [-0.39, 0.29) is 12.1 Å². The summed E-state index contributed by atoms with van der Waals surface area (Å²) in [4.78, 5) is 0. The zero-order chi connectivity index (χ0) is 9.97. The molecule has 2 N–H and O–H groups in total. The second kappa shape index (κ2) is 4.70. The third kappa shape index (κ3) is 2.53. The largest absolute Gasteiger partial charge is 0.389 e. The van der Waals surface area contributed by atoms with Crippen LogP contribution in [-0.4, -0.2) is 52.2 Å². The van der Waals surface area contributed by atoms with Crippen LogP contribution in [0, 0.1) is 0 Å². The summed E-state index contributed by atoms with van der Waals surface area (Å²) < 4.78 is 16.3. The number of nitrogens with one attached hydrogen (secondary N) is 1. The number of aliphatic hydroxyl groups excluding tert-OH is 1. The number of hydrogen-bond acceptors (Lipinski definition) is 4. The monoisotopic (exact) mass is 219 g/mol. The Morgan fingerprint density at radius 1 is 1.29 bits per heavy atom. The summed E-state index contributed by atoms with van der Waals surface area (Å²) in [5.41, 5.74) is 0. The van der Waals surface area contributed by atoms with E-state index in [1.165, 1.54) is 0 Å². The van der Waals surface area contributed by atoms with Crippen LogP contribution in [0.2, 0.25) is 0 Å². The molecule has 2 fully saturated rings. The van der Waals surface area contributed by atoms with E-state index in [4.69, 9.17) is 4.74 Å². The normalized spacial score (nSPS) is 44.1. The molecule has 2 aliphatic rings. The third-order valence-corrected chi connectivity index (χ3v) is 4.27. The highest BCUT2D eigenvalue weighted by molar-refractivity contribution is 7.85. The van der Waals surface area contributed by atoms with Gasteiger partial charge in [-0.2, -0.15) is 0 Å². The molecule has 14 heavy (non-hydrogen) atoms. The van der Waals surface area contributed by atoms with E-state index in [1.807, 2.05) is 0 Å². The Balaban J connectivity index is 1.77. The lowest BCUT2D eigenvalue weighted by Gasteiger charge is -2.26. The fourth-order valence-corrected chi connectivity index (χ4v) is 3.26. The second-order valence-electron chi connectivity index (χ2n) is 4.00. The average molecular weight is 219 g/mol. The molecule has 2 saturated heterocycles. The molecule has 0 bridgehead atoms.